The van der Waals surface area contributed by atoms with Gasteiger partial charge in [-0.15, -0.1) is 0 Å². The number of carboxylic acids is 1. The maximum atomic E-state index is 12.0. The van der Waals surface area contributed by atoms with Gasteiger partial charge in [0.2, 0.25) is 5.91 Å². The lowest BCUT2D eigenvalue weighted by atomic mass is 9.87. The first kappa shape index (κ1) is 15.7. The molecule has 1 amide bonds. The van der Waals surface area contributed by atoms with E-state index in [0.29, 0.717) is 10.2 Å². The summed E-state index contributed by atoms with van der Waals surface area (Å²) in [5.74, 6) is -1.33. The Balaban J connectivity index is 2.89. The Bertz CT molecular complexity index is 509. The number of carboxylic acid groups (broad SMARTS) is 1. The van der Waals surface area contributed by atoms with Crippen LogP contribution in [0.2, 0.25) is 0 Å². The molecule has 1 aromatic carbocycles. The predicted molar refractivity (Wildman–Crippen MR) is 77.2 cm³/mol. The van der Waals surface area contributed by atoms with Gasteiger partial charge in [-0.1, -0.05) is 20.8 Å². The summed E-state index contributed by atoms with van der Waals surface area (Å²) in [4.78, 5) is 22.8. The lowest BCUT2D eigenvalue weighted by Gasteiger charge is -2.26. The average Bonchev–Trinajstić information content (AvgIpc) is 2.29. The number of anilines is 1. The summed E-state index contributed by atoms with van der Waals surface area (Å²) in [5.41, 5.74) is 6.14. The summed E-state index contributed by atoms with van der Waals surface area (Å²) < 4.78 is 0.502. The fourth-order valence-corrected chi connectivity index (χ4v) is 1.83. The Hall–Kier alpha value is -1.40. The summed E-state index contributed by atoms with van der Waals surface area (Å²) in [6, 6.07) is 3.73. The minimum Gasteiger partial charge on any atom is -0.478 e. The number of halogens is 1. The molecule has 5 nitrogen and oxygen atoms in total. The molecule has 0 bridgehead atoms. The van der Waals surface area contributed by atoms with Crippen molar-refractivity contribution in [3.8, 4) is 0 Å². The number of benzene rings is 1. The van der Waals surface area contributed by atoms with Crippen LogP contribution in [0.25, 0.3) is 0 Å². The van der Waals surface area contributed by atoms with E-state index in [1.54, 1.807) is 0 Å². The molecule has 0 fully saturated rings. The van der Waals surface area contributed by atoms with E-state index in [0.717, 1.165) is 0 Å². The second-order valence-electron chi connectivity index (χ2n) is 5.33. The van der Waals surface area contributed by atoms with Crippen molar-refractivity contribution in [2.45, 2.75) is 26.8 Å². The van der Waals surface area contributed by atoms with Crippen LogP contribution in [0.1, 0.15) is 31.1 Å². The number of nitrogens with one attached hydrogen (secondary N) is 1. The van der Waals surface area contributed by atoms with Crippen LogP contribution in [0, 0.1) is 5.41 Å². The third-order valence-electron chi connectivity index (χ3n) is 2.69. The van der Waals surface area contributed by atoms with Crippen LogP contribution in [0.3, 0.4) is 0 Å². The maximum Gasteiger partial charge on any atom is 0.335 e. The van der Waals surface area contributed by atoms with Crippen LogP contribution in [0.15, 0.2) is 22.7 Å². The number of carbonyl (C=O) groups is 2. The maximum absolute atomic E-state index is 12.0. The zero-order valence-corrected chi connectivity index (χ0v) is 12.6. The molecule has 4 N–H and O–H groups in total. The molecule has 1 atom stereocenters. The largest absolute Gasteiger partial charge is 0.478 e. The van der Waals surface area contributed by atoms with E-state index in [1.165, 1.54) is 18.2 Å². The average molecular weight is 329 g/mol. The van der Waals surface area contributed by atoms with Gasteiger partial charge >= 0.3 is 5.97 Å². The molecule has 1 aromatic rings. The minimum atomic E-state index is -1.02. The van der Waals surface area contributed by atoms with Crippen molar-refractivity contribution in [3.63, 3.8) is 0 Å². The number of hydrogen-bond donors (Lipinski definition) is 3. The summed E-state index contributed by atoms with van der Waals surface area (Å²) in [6.45, 7) is 5.62. The predicted octanol–water partition coefficient (Wildman–Crippen LogP) is 2.46. The summed E-state index contributed by atoms with van der Waals surface area (Å²) in [6.07, 6.45) is 0. The molecule has 104 valence electrons. The number of rotatable bonds is 3. The highest BCUT2D eigenvalue weighted by molar-refractivity contribution is 9.10. The molecular formula is C13H17BrN2O3. The Morgan fingerprint density at radius 3 is 2.37 bits per heavy atom. The second-order valence-corrected chi connectivity index (χ2v) is 6.19. The Kier molecular flexibility index (Phi) is 4.70. The quantitative estimate of drug-likeness (QED) is 0.794. The van der Waals surface area contributed by atoms with Gasteiger partial charge in [0.25, 0.3) is 0 Å². The molecule has 1 rings (SSSR count). The van der Waals surface area contributed by atoms with Gasteiger partial charge in [-0.05, 0) is 39.5 Å². The van der Waals surface area contributed by atoms with Gasteiger partial charge in [-0.2, -0.15) is 0 Å². The van der Waals surface area contributed by atoms with Gasteiger partial charge in [0, 0.05) is 4.47 Å². The molecule has 0 saturated carbocycles. The van der Waals surface area contributed by atoms with E-state index in [-0.39, 0.29) is 16.9 Å². The standard InChI is InChI=1S/C13H17BrN2O3/c1-13(2,3)10(15)11(17)16-9-5-4-7(12(18)19)6-8(9)14/h4-6,10H,15H2,1-3H3,(H,16,17)(H,18,19)/t10-/m0/s1. The molecule has 6 heteroatoms. The molecule has 0 aliphatic rings. The topological polar surface area (TPSA) is 92.4 Å². The number of amides is 1. The molecule has 0 aliphatic carbocycles. The first-order chi connectivity index (χ1) is 8.62. The third kappa shape index (κ3) is 4.04. The molecule has 0 saturated heterocycles. The minimum absolute atomic E-state index is 0.144. The molecule has 19 heavy (non-hydrogen) atoms. The van der Waals surface area contributed by atoms with Crippen LogP contribution >= 0.6 is 15.9 Å². The van der Waals surface area contributed by atoms with Crippen molar-refractivity contribution in [1.29, 1.82) is 0 Å². The van der Waals surface area contributed by atoms with E-state index < -0.39 is 12.0 Å². The van der Waals surface area contributed by atoms with E-state index >= 15 is 0 Å². The van der Waals surface area contributed by atoms with Crippen LogP contribution in [-0.4, -0.2) is 23.0 Å². The molecule has 0 radical (unpaired) electrons. The molecule has 0 aromatic heterocycles. The molecule has 0 unspecified atom stereocenters. The normalized spacial score (nSPS) is 12.9. The molecule has 0 heterocycles. The van der Waals surface area contributed by atoms with Gasteiger partial charge in [-0.3, -0.25) is 4.79 Å². The van der Waals surface area contributed by atoms with Crippen LogP contribution in [0.5, 0.6) is 0 Å². The van der Waals surface area contributed by atoms with E-state index in [1.807, 2.05) is 20.8 Å². The zero-order chi connectivity index (χ0) is 14.8. The van der Waals surface area contributed by atoms with Gasteiger partial charge in [0.1, 0.15) is 0 Å². The highest BCUT2D eigenvalue weighted by Gasteiger charge is 2.27. The Morgan fingerprint density at radius 1 is 1.37 bits per heavy atom. The van der Waals surface area contributed by atoms with Crippen LogP contribution in [0.4, 0.5) is 5.69 Å². The molecular weight excluding hydrogens is 312 g/mol. The van der Waals surface area contributed by atoms with Crippen LogP contribution in [-0.2, 0) is 4.79 Å². The summed E-state index contributed by atoms with van der Waals surface area (Å²) in [5, 5.41) is 11.5. The second kappa shape index (κ2) is 5.71. The van der Waals surface area contributed by atoms with Gasteiger partial charge < -0.3 is 16.2 Å². The van der Waals surface area contributed by atoms with E-state index in [2.05, 4.69) is 21.2 Å². The van der Waals surface area contributed by atoms with Crippen molar-refractivity contribution in [1.82, 2.24) is 0 Å². The van der Waals surface area contributed by atoms with Crippen molar-refractivity contribution in [2.75, 3.05) is 5.32 Å². The van der Waals surface area contributed by atoms with Crippen LogP contribution < -0.4 is 11.1 Å². The third-order valence-corrected chi connectivity index (χ3v) is 3.35. The molecule has 0 aliphatic heterocycles. The monoisotopic (exact) mass is 328 g/mol. The highest BCUT2D eigenvalue weighted by Crippen LogP contribution is 2.25. The number of aromatic carboxylic acids is 1. The lowest BCUT2D eigenvalue weighted by molar-refractivity contribution is -0.119. The van der Waals surface area contributed by atoms with Gasteiger partial charge in [-0.25, -0.2) is 4.79 Å². The number of nitrogens with two attached hydrogens (primary N) is 1. The van der Waals surface area contributed by atoms with Crippen molar-refractivity contribution >= 4 is 33.5 Å². The number of hydrogen-bond acceptors (Lipinski definition) is 3. The Labute approximate surface area is 120 Å². The van der Waals surface area contributed by atoms with Crippen molar-refractivity contribution < 1.29 is 14.7 Å². The highest BCUT2D eigenvalue weighted by atomic mass is 79.9. The van der Waals surface area contributed by atoms with E-state index in [9.17, 15) is 9.59 Å². The first-order valence-electron chi connectivity index (χ1n) is 5.72. The first-order valence-corrected chi connectivity index (χ1v) is 6.51. The fraction of sp³-hybridized carbons (Fsp3) is 0.385. The smallest absolute Gasteiger partial charge is 0.335 e. The zero-order valence-electron chi connectivity index (χ0n) is 11.0. The fourth-order valence-electron chi connectivity index (χ4n) is 1.35. The Morgan fingerprint density at radius 2 is 1.95 bits per heavy atom. The summed E-state index contributed by atoms with van der Waals surface area (Å²) >= 11 is 3.22. The van der Waals surface area contributed by atoms with Crippen molar-refractivity contribution in [3.05, 3.63) is 28.2 Å². The van der Waals surface area contributed by atoms with E-state index in [4.69, 9.17) is 10.8 Å². The van der Waals surface area contributed by atoms with Gasteiger partial charge in [0.05, 0.1) is 17.3 Å². The number of carbonyl (C=O) groups excluding carboxylic acids is 1. The van der Waals surface area contributed by atoms with Crippen molar-refractivity contribution in [2.24, 2.45) is 11.1 Å². The SMILES string of the molecule is CC(C)(C)[C@@H](N)C(=O)Nc1ccc(C(=O)O)cc1Br. The lowest BCUT2D eigenvalue weighted by Crippen LogP contribution is -2.45. The summed E-state index contributed by atoms with van der Waals surface area (Å²) in [7, 11) is 0. The van der Waals surface area contributed by atoms with Gasteiger partial charge in [0.15, 0.2) is 0 Å². The molecule has 0 spiro atoms.